The number of hydrogen-bond acceptors (Lipinski definition) is 4. The van der Waals surface area contributed by atoms with Crippen LogP contribution in [0.15, 0.2) is 48.5 Å². The molecule has 2 aromatic carbocycles. The predicted octanol–water partition coefficient (Wildman–Crippen LogP) is 4.34. The Morgan fingerprint density at radius 3 is 2.59 bits per heavy atom. The third-order valence-electron chi connectivity index (χ3n) is 8.40. The lowest BCUT2D eigenvalue weighted by Gasteiger charge is -2.33. The van der Waals surface area contributed by atoms with Gasteiger partial charge in [0.1, 0.15) is 5.82 Å². The monoisotopic (exact) mass is 495 g/mol. The van der Waals surface area contributed by atoms with Crippen LogP contribution in [0.25, 0.3) is 21.9 Å². The van der Waals surface area contributed by atoms with Crippen molar-refractivity contribution in [1.82, 2.24) is 24.8 Å². The van der Waals surface area contributed by atoms with Crippen molar-refractivity contribution in [3.05, 3.63) is 71.2 Å². The number of carbonyl (C=O) groups is 2. The van der Waals surface area contributed by atoms with E-state index in [1.165, 1.54) is 0 Å². The van der Waals surface area contributed by atoms with Gasteiger partial charge in [0.15, 0.2) is 0 Å². The fourth-order valence-corrected chi connectivity index (χ4v) is 6.09. The molecule has 4 aromatic rings. The molecule has 7 nitrogen and oxygen atoms in total. The van der Waals surface area contributed by atoms with Gasteiger partial charge in [0.25, 0.3) is 5.91 Å². The van der Waals surface area contributed by atoms with Crippen LogP contribution in [-0.2, 0) is 18.3 Å². The Labute approximate surface area is 216 Å². The number of piperidine rings is 1. The molecule has 2 aliphatic rings. The number of amides is 2. The van der Waals surface area contributed by atoms with E-state index in [1.54, 1.807) is 0 Å². The number of rotatable bonds is 5. The van der Waals surface area contributed by atoms with Crippen LogP contribution < -0.4 is 5.32 Å². The van der Waals surface area contributed by atoms with Crippen LogP contribution in [0.2, 0.25) is 0 Å². The van der Waals surface area contributed by atoms with E-state index in [0.717, 1.165) is 63.8 Å². The number of aryl methyl sites for hydroxylation is 3. The average molecular weight is 496 g/mol. The summed E-state index contributed by atoms with van der Waals surface area (Å²) in [6.07, 6.45) is 3.38. The Morgan fingerprint density at radius 1 is 1.03 bits per heavy atom. The molecule has 2 fully saturated rings. The lowest BCUT2D eigenvalue weighted by atomic mass is 9.90. The van der Waals surface area contributed by atoms with Crippen LogP contribution in [0.4, 0.5) is 0 Å². The van der Waals surface area contributed by atoms with Gasteiger partial charge in [0.2, 0.25) is 5.91 Å². The first-order chi connectivity index (χ1) is 17.8. The zero-order valence-electron chi connectivity index (χ0n) is 21.8. The summed E-state index contributed by atoms with van der Waals surface area (Å²) in [5, 5.41) is 4.06. The normalized spacial score (nSPS) is 18.5. The van der Waals surface area contributed by atoms with Gasteiger partial charge in [-0.1, -0.05) is 23.8 Å². The Hall–Kier alpha value is -3.74. The van der Waals surface area contributed by atoms with Gasteiger partial charge in [-0.15, -0.1) is 0 Å². The minimum absolute atomic E-state index is 0.0472. The summed E-state index contributed by atoms with van der Waals surface area (Å²) < 4.78 is 2.10. The van der Waals surface area contributed by atoms with Gasteiger partial charge in [-0.25, -0.2) is 4.98 Å². The molecule has 37 heavy (non-hydrogen) atoms. The summed E-state index contributed by atoms with van der Waals surface area (Å²) >= 11 is 0. The molecular formula is C30H33N5O2. The van der Waals surface area contributed by atoms with E-state index in [1.807, 2.05) is 62.2 Å². The number of nitrogens with zero attached hydrogens (tertiary/aromatic N) is 4. The molecule has 6 rings (SSSR count). The molecule has 190 valence electrons. The van der Waals surface area contributed by atoms with Gasteiger partial charge in [-0.3, -0.25) is 14.6 Å². The highest BCUT2D eigenvalue weighted by atomic mass is 16.2. The molecule has 1 unspecified atom stereocenters. The molecule has 3 heterocycles. The van der Waals surface area contributed by atoms with Gasteiger partial charge in [-0.2, -0.15) is 0 Å². The van der Waals surface area contributed by atoms with Crippen molar-refractivity contribution in [2.45, 2.75) is 39.5 Å². The number of fused-ring (bicyclic) bond motifs is 2. The highest BCUT2D eigenvalue weighted by Crippen LogP contribution is 2.59. The van der Waals surface area contributed by atoms with Crippen molar-refractivity contribution < 1.29 is 9.59 Å². The summed E-state index contributed by atoms with van der Waals surface area (Å²) in [5.41, 5.74) is 5.70. The van der Waals surface area contributed by atoms with E-state index in [0.29, 0.717) is 26.1 Å². The molecule has 2 aromatic heterocycles. The third kappa shape index (κ3) is 4.26. The molecule has 1 saturated heterocycles. The molecule has 1 atom stereocenters. The third-order valence-corrected chi connectivity index (χ3v) is 8.40. The van der Waals surface area contributed by atoms with Gasteiger partial charge < -0.3 is 14.8 Å². The first kappa shape index (κ1) is 23.6. The first-order valence-corrected chi connectivity index (χ1v) is 13.2. The number of benzene rings is 2. The summed E-state index contributed by atoms with van der Waals surface area (Å²) in [4.78, 5) is 37.7. The van der Waals surface area contributed by atoms with E-state index >= 15 is 0 Å². The summed E-state index contributed by atoms with van der Waals surface area (Å²) in [7, 11) is 2.02. The Balaban J connectivity index is 1.05. The number of para-hydroxylation sites is 2. The number of pyridine rings is 1. The fourth-order valence-electron chi connectivity index (χ4n) is 6.09. The van der Waals surface area contributed by atoms with Crippen molar-refractivity contribution in [3.8, 4) is 0 Å². The smallest absolute Gasteiger partial charge is 0.254 e. The van der Waals surface area contributed by atoms with Crippen LogP contribution in [0.3, 0.4) is 0 Å². The fraction of sp³-hybridized carbons (Fsp3) is 0.400. The second-order valence-electron chi connectivity index (χ2n) is 10.9. The lowest BCUT2D eigenvalue weighted by molar-refractivity contribution is -0.123. The highest BCUT2D eigenvalue weighted by Gasteiger charge is 2.58. The highest BCUT2D eigenvalue weighted by molar-refractivity contribution is 6.06. The quantitative estimate of drug-likeness (QED) is 0.447. The molecule has 1 N–H and O–H groups in total. The van der Waals surface area contributed by atoms with Gasteiger partial charge >= 0.3 is 0 Å². The second kappa shape index (κ2) is 8.98. The largest absolute Gasteiger partial charge is 0.355 e. The maximum Gasteiger partial charge on any atom is 0.254 e. The number of nitrogens with one attached hydrogen (secondary N) is 1. The molecule has 1 spiro atoms. The SMILES string of the molecule is Cc1ccc2nc(C)cc(C(=O)N3CCC4(CC3)CC4C(=O)NCCc3nc4ccccc4n3C)c2c1. The predicted molar refractivity (Wildman–Crippen MR) is 144 cm³/mol. The molecular weight excluding hydrogens is 462 g/mol. The van der Waals surface area contributed by atoms with Crippen molar-refractivity contribution in [3.63, 3.8) is 0 Å². The molecule has 0 bridgehead atoms. The van der Waals surface area contributed by atoms with Gasteiger partial charge in [0.05, 0.1) is 22.1 Å². The van der Waals surface area contributed by atoms with Gasteiger partial charge in [-0.05, 0) is 68.9 Å². The van der Waals surface area contributed by atoms with Crippen LogP contribution in [0.1, 0.15) is 46.7 Å². The second-order valence-corrected chi connectivity index (χ2v) is 10.9. The molecule has 1 aliphatic carbocycles. The van der Waals surface area contributed by atoms with E-state index in [2.05, 4.69) is 27.0 Å². The maximum absolute atomic E-state index is 13.5. The Morgan fingerprint density at radius 2 is 1.81 bits per heavy atom. The van der Waals surface area contributed by atoms with Crippen LogP contribution in [-0.4, -0.2) is 50.9 Å². The van der Waals surface area contributed by atoms with E-state index in [9.17, 15) is 9.59 Å². The summed E-state index contributed by atoms with van der Waals surface area (Å²) in [6, 6.07) is 16.1. The van der Waals surface area contributed by atoms with E-state index in [4.69, 9.17) is 4.98 Å². The summed E-state index contributed by atoms with van der Waals surface area (Å²) in [6.45, 7) is 5.94. The average Bonchev–Trinajstić information content (AvgIpc) is 3.50. The minimum Gasteiger partial charge on any atom is -0.355 e. The molecule has 2 amide bonds. The van der Waals surface area contributed by atoms with Crippen molar-refractivity contribution in [2.24, 2.45) is 18.4 Å². The zero-order valence-corrected chi connectivity index (χ0v) is 21.8. The molecule has 0 radical (unpaired) electrons. The number of carbonyl (C=O) groups excluding carboxylic acids is 2. The van der Waals surface area contributed by atoms with E-state index < -0.39 is 0 Å². The van der Waals surface area contributed by atoms with Gasteiger partial charge in [0, 0.05) is 50.1 Å². The summed E-state index contributed by atoms with van der Waals surface area (Å²) in [5.74, 6) is 1.24. The topological polar surface area (TPSA) is 80.1 Å². The first-order valence-electron chi connectivity index (χ1n) is 13.2. The standard InChI is InChI=1S/C30H33N5O2/c1-19-8-9-24-21(16-19)22(17-20(2)32-24)29(37)35-14-11-30(12-15-35)18-23(30)28(36)31-13-10-27-33-25-6-4-5-7-26(25)34(27)3/h4-9,16-17,23H,10-15,18H2,1-3H3,(H,31,36). The lowest BCUT2D eigenvalue weighted by Crippen LogP contribution is -2.41. The van der Waals surface area contributed by atoms with Crippen molar-refractivity contribution in [1.29, 1.82) is 0 Å². The Bertz CT molecular complexity index is 1530. The van der Waals surface area contributed by atoms with Crippen LogP contribution in [0.5, 0.6) is 0 Å². The van der Waals surface area contributed by atoms with Crippen molar-refractivity contribution in [2.75, 3.05) is 19.6 Å². The zero-order chi connectivity index (χ0) is 25.7. The molecule has 1 aliphatic heterocycles. The number of imidazole rings is 1. The number of likely N-dealkylation sites (tertiary alicyclic amines) is 1. The maximum atomic E-state index is 13.5. The number of aromatic nitrogens is 3. The van der Waals surface area contributed by atoms with Crippen molar-refractivity contribution >= 4 is 33.8 Å². The molecule has 7 heteroatoms. The molecule has 1 saturated carbocycles. The van der Waals surface area contributed by atoms with E-state index in [-0.39, 0.29) is 23.1 Å². The Kier molecular flexibility index (Phi) is 5.74. The van der Waals surface area contributed by atoms with Crippen LogP contribution in [0, 0.1) is 25.2 Å². The minimum atomic E-state index is 0.0472. The number of hydrogen-bond donors (Lipinski definition) is 1. The van der Waals surface area contributed by atoms with Crippen LogP contribution >= 0.6 is 0 Å².